The maximum Gasteiger partial charge on any atom is 0.193 e. The van der Waals surface area contributed by atoms with Crippen LogP contribution in [0.3, 0.4) is 0 Å². The van der Waals surface area contributed by atoms with E-state index in [0.717, 1.165) is 25.6 Å². The lowest BCUT2D eigenvalue weighted by molar-refractivity contribution is 0.476. The zero-order chi connectivity index (χ0) is 19.8. The number of nitrogens with one attached hydrogen (secondary N) is 1. The third kappa shape index (κ3) is 5.63. The van der Waals surface area contributed by atoms with Gasteiger partial charge in [-0.1, -0.05) is 36.4 Å². The van der Waals surface area contributed by atoms with E-state index in [2.05, 4.69) is 86.6 Å². The van der Waals surface area contributed by atoms with Crippen LogP contribution in [0.4, 0.5) is 0 Å². The van der Waals surface area contributed by atoms with E-state index >= 15 is 0 Å². The number of hydrogen-bond acceptors (Lipinski definition) is 3. The number of aromatic nitrogens is 2. The molecule has 28 heavy (non-hydrogen) atoms. The van der Waals surface area contributed by atoms with Crippen LogP contribution in [-0.2, 0) is 19.6 Å². The van der Waals surface area contributed by atoms with Crippen LogP contribution < -0.4 is 5.32 Å². The molecular formula is C22H27N5S. The maximum atomic E-state index is 4.42. The van der Waals surface area contributed by atoms with E-state index in [1.54, 1.807) is 18.0 Å². The van der Waals surface area contributed by atoms with Gasteiger partial charge in [0.2, 0.25) is 0 Å². The van der Waals surface area contributed by atoms with Gasteiger partial charge in [-0.15, -0.1) is 11.8 Å². The molecule has 0 radical (unpaired) electrons. The fraction of sp³-hybridized carbons (Fsp3) is 0.273. The Balaban J connectivity index is 1.52. The van der Waals surface area contributed by atoms with E-state index in [1.165, 1.54) is 21.6 Å². The molecule has 1 heterocycles. The van der Waals surface area contributed by atoms with Crippen LogP contribution in [0, 0.1) is 0 Å². The number of guanidine groups is 1. The van der Waals surface area contributed by atoms with Crippen LogP contribution in [-0.4, -0.2) is 40.8 Å². The summed E-state index contributed by atoms with van der Waals surface area (Å²) < 4.78 is 2.07. The molecule has 0 aliphatic rings. The van der Waals surface area contributed by atoms with Gasteiger partial charge in [-0.3, -0.25) is 4.99 Å². The van der Waals surface area contributed by atoms with Crippen molar-refractivity contribution in [2.24, 2.45) is 4.99 Å². The number of hydrogen-bond donors (Lipinski definition) is 1. The zero-order valence-corrected chi connectivity index (χ0v) is 17.5. The summed E-state index contributed by atoms with van der Waals surface area (Å²) in [4.78, 5) is 11.9. The maximum absolute atomic E-state index is 4.42. The molecule has 3 aromatic rings. The van der Waals surface area contributed by atoms with Gasteiger partial charge >= 0.3 is 0 Å². The van der Waals surface area contributed by atoms with Gasteiger partial charge in [-0.05, 0) is 35.1 Å². The lowest BCUT2D eigenvalue weighted by Crippen LogP contribution is -2.38. The second-order valence-corrected chi connectivity index (χ2v) is 7.54. The van der Waals surface area contributed by atoms with Gasteiger partial charge in [0, 0.05) is 51.0 Å². The van der Waals surface area contributed by atoms with Crippen molar-refractivity contribution in [1.82, 2.24) is 19.8 Å². The molecule has 6 heteroatoms. The molecule has 0 unspecified atom stereocenters. The lowest BCUT2D eigenvalue weighted by atomic mass is 10.1. The van der Waals surface area contributed by atoms with Gasteiger partial charge < -0.3 is 14.8 Å². The fourth-order valence-corrected chi connectivity index (χ4v) is 3.41. The highest BCUT2D eigenvalue weighted by atomic mass is 32.2. The van der Waals surface area contributed by atoms with Crippen LogP contribution in [0.1, 0.15) is 16.7 Å². The summed E-state index contributed by atoms with van der Waals surface area (Å²) in [5.41, 5.74) is 3.76. The molecule has 5 nitrogen and oxygen atoms in total. The quantitative estimate of drug-likeness (QED) is 0.376. The second-order valence-electron chi connectivity index (χ2n) is 6.66. The topological polar surface area (TPSA) is 45.5 Å². The second kappa shape index (κ2) is 9.99. The fourth-order valence-electron chi connectivity index (χ4n) is 3.00. The van der Waals surface area contributed by atoms with E-state index in [9.17, 15) is 0 Å². The summed E-state index contributed by atoms with van der Waals surface area (Å²) in [6.07, 6.45) is 7.71. The molecule has 0 aliphatic heterocycles. The smallest absolute Gasteiger partial charge is 0.193 e. The van der Waals surface area contributed by atoms with Gasteiger partial charge in [0.25, 0.3) is 0 Å². The summed E-state index contributed by atoms with van der Waals surface area (Å²) in [7, 11) is 3.88. The Bertz CT molecular complexity index is 870. The Morgan fingerprint density at radius 1 is 1.07 bits per heavy atom. The first-order valence-corrected chi connectivity index (χ1v) is 10.5. The summed E-state index contributed by atoms with van der Waals surface area (Å²) >= 11 is 1.76. The highest BCUT2D eigenvalue weighted by Crippen LogP contribution is 2.15. The van der Waals surface area contributed by atoms with Crippen LogP contribution in [0.2, 0.25) is 0 Å². The molecule has 1 N–H and O–H groups in total. The minimum absolute atomic E-state index is 0.744. The first kappa shape index (κ1) is 20.0. The molecule has 0 saturated heterocycles. The van der Waals surface area contributed by atoms with E-state index in [1.807, 2.05) is 19.6 Å². The predicted molar refractivity (Wildman–Crippen MR) is 118 cm³/mol. The van der Waals surface area contributed by atoms with Crippen molar-refractivity contribution in [3.05, 3.63) is 83.9 Å². The van der Waals surface area contributed by atoms with E-state index < -0.39 is 0 Å². The number of nitrogens with zero attached hydrogens (tertiary/aromatic N) is 4. The molecule has 0 spiro atoms. The molecule has 0 saturated carbocycles. The van der Waals surface area contributed by atoms with Crippen LogP contribution in [0.5, 0.6) is 0 Å². The molecular weight excluding hydrogens is 366 g/mol. The standard InChI is InChI=1S/C22H27N5S/c1-23-22(26(2)15-19-8-10-21(28-3)11-9-19)25-14-18-4-6-20(7-5-18)16-27-13-12-24-17-27/h4-13,17H,14-16H2,1-3H3,(H,23,25). The molecule has 3 rings (SSSR count). The summed E-state index contributed by atoms with van der Waals surface area (Å²) in [6.45, 7) is 2.40. The Morgan fingerprint density at radius 3 is 2.36 bits per heavy atom. The number of imidazole rings is 1. The number of benzene rings is 2. The largest absolute Gasteiger partial charge is 0.352 e. The average molecular weight is 394 g/mol. The normalized spacial score (nSPS) is 11.5. The molecule has 146 valence electrons. The SMILES string of the molecule is CN=C(NCc1ccc(Cn2ccnc2)cc1)N(C)Cc1ccc(SC)cc1. The van der Waals surface area contributed by atoms with Crippen LogP contribution in [0.15, 0.2) is 77.1 Å². The van der Waals surface area contributed by atoms with Gasteiger partial charge in [-0.25, -0.2) is 4.98 Å². The van der Waals surface area contributed by atoms with Gasteiger partial charge in [0.05, 0.1) is 6.33 Å². The van der Waals surface area contributed by atoms with E-state index in [0.29, 0.717) is 0 Å². The predicted octanol–water partition coefficient (Wildman–Crippen LogP) is 3.86. The lowest BCUT2D eigenvalue weighted by Gasteiger charge is -2.22. The van der Waals surface area contributed by atoms with Gasteiger partial charge in [0.15, 0.2) is 5.96 Å². The summed E-state index contributed by atoms with van der Waals surface area (Å²) in [5, 5.41) is 3.45. The van der Waals surface area contributed by atoms with Crippen molar-refractivity contribution < 1.29 is 0 Å². The summed E-state index contributed by atoms with van der Waals surface area (Å²) in [6, 6.07) is 17.3. The van der Waals surface area contributed by atoms with Crippen LogP contribution in [0.25, 0.3) is 0 Å². The van der Waals surface area contributed by atoms with Crippen molar-refractivity contribution >= 4 is 17.7 Å². The Morgan fingerprint density at radius 2 is 1.75 bits per heavy atom. The molecule has 0 amide bonds. The molecule has 2 aromatic carbocycles. The molecule has 0 aliphatic carbocycles. The third-order valence-corrected chi connectivity index (χ3v) is 5.29. The Labute approximate surface area is 171 Å². The first-order valence-electron chi connectivity index (χ1n) is 9.26. The summed E-state index contributed by atoms with van der Waals surface area (Å²) in [5.74, 6) is 0.886. The van der Waals surface area contributed by atoms with E-state index in [4.69, 9.17) is 0 Å². The molecule has 0 atom stereocenters. The minimum Gasteiger partial charge on any atom is -0.352 e. The van der Waals surface area contributed by atoms with Gasteiger partial charge in [-0.2, -0.15) is 0 Å². The average Bonchev–Trinajstić information content (AvgIpc) is 3.23. The highest BCUT2D eigenvalue weighted by Gasteiger charge is 2.07. The number of aliphatic imine (C=N–C) groups is 1. The number of thioether (sulfide) groups is 1. The molecule has 1 aromatic heterocycles. The van der Waals surface area contributed by atoms with Gasteiger partial charge in [0.1, 0.15) is 0 Å². The van der Waals surface area contributed by atoms with E-state index in [-0.39, 0.29) is 0 Å². The Kier molecular flexibility index (Phi) is 7.14. The number of rotatable bonds is 7. The molecule has 0 fully saturated rings. The first-order chi connectivity index (χ1) is 13.7. The minimum atomic E-state index is 0.744. The van der Waals surface area contributed by atoms with Crippen LogP contribution >= 0.6 is 11.8 Å². The highest BCUT2D eigenvalue weighted by molar-refractivity contribution is 7.98. The van der Waals surface area contributed by atoms with Crippen molar-refractivity contribution in [1.29, 1.82) is 0 Å². The third-order valence-electron chi connectivity index (χ3n) is 4.55. The van der Waals surface area contributed by atoms with Crippen molar-refractivity contribution in [3.8, 4) is 0 Å². The Hall–Kier alpha value is -2.73. The molecule has 0 bridgehead atoms. The van der Waals surface area contributed by atoms with Crippen molar-refractivity contribution in [3.63, 3.8) is 0 Å². The van der Waals surface area contributed by atoms with Crippen molar-refractivity contribution in [2.45, 2.75) is 24.5 Å². The van der Waals surface area contributed by atoms with Crippen molar-refractivity contribution in [2.75, 3.05) is 20.4 Å². The zero-order valence-electron chi connectivity index (χ0n) is 16.7. The monoisotopic (exact) mass is 393 g/mol.